The molecule has 0 aromatic heterocycles. The molecule has 4 rings (SSSR count). The van der Waals surface area contributed by atoms with Crippen molar-refractivity contribution < 1.29 is 14.3 Å². The number of amides is 2. The van der Waals surface area contributed by atoms with Crippen molar-refractivity contribution in [2.45, 2.75) is 0 Å². The fourth-order valence-corrected chi connectivity index (χ4v) is 3.46. The van der Waals surface area contributed by atoms with Gasteiger partial charge in [0.2, 0.25) is 6.79 Å². The lowest BCUT2D eigenvalue weighted by Crippen LogP contribution is -2.50. The van der Waals surface area contributed by atoms with Gasteiger partial charge in [-0.2, -0.15) is 0 Å². The van der Waals surface area contributed by atoms with Crippen LogP contribution in [0, 0.1) is 0 Å². The molecule has 0 bridgehead atoms. The summed E-state index contributed by atoms with van der Waals surface area (Å²) in [5, 5.41) is 4.21. The maximum absolute atomic E-state index is 12.5. The molecule has 2 aromatic rings. The predicted molar refractivity (Wildman–Crippen MR) is 102 cm³/mol. The number of carbonyl (C=O) groups excluding carboxylic acids is 1. The van der Waals surface area contributed by atoms with Crippen LogP contribution >= 0.6 is 23.2 Å². The van der Waals surface area contributed by atoms with Gasteiger partial charge < -0.3 is 24.6 Å². The van der Waals surface area contributed by atoms with Crippen LogP contribution in [0.15, 0.2) is 36.4 Å². The molecule has 136 valence electrons. The molecule has 26 heavy (non-hydrogen) atoms. The van der Waals surface area contributed by atoms with Crippen LogP contribution in [-0.2, 0) is 0 Å². The monoisotopic (exact) mass is 393 g/mol. The Morgan fingerprint density at radius 3 is 2.54 bits per heavy atom. The minimum atomic E-state index is -0.138. The van der Waals surface area contributed by atoms with Crippen LogP contribution < -0.4 is 19.7 Å². The highest BCUT2D eigenvalue weighted by Crippen LogP contribution is 2.34. The van der Waals surface area contributed by atoms with E-state index >= 15 is 0 Å². The highest BCUT2D eigenvalue weighted by molar-refractivity contribution is 6.35. The lowest BCUT2D eigenvalue weighted by atomic mass is 10.2. The number of benzene rings is 2. The summed E-state index contributed by atoms with van der Waals surface area (Å²) in [5.74, 6) is 1.33. The van der Waals surface area contributed by atoms with Gasteiger partial charge in [-0.15, -0.1) is 0 Å². The molecule has 2 amide bonds. The molecule has 0 radical (unpaired) electrons. The average Bonchev–Trinajstić information content (AvgIpc) is 3.11. The minimum absolute atomic E-state index is 0.138. The van der Waals surface area contributed by atoms with Gasteiger partial charge in [0.15, 0.2) is 11.5 Å². The third kappa shape index (κ3) is 3.48. The first kappa shape index (κ1) is 17.1. The zero-order valence-electron chi connectivity index (χ0n) is 13.9. The van der Waals surface area contributed by atoms with Crippen molar-refractivity contribution in [1.82, 2.24) is 4.90 Å². The highest BCUT2D eigenvalue weighted by Gasteiger charge is 2.23. The van der Waals surface area contributed by atoms with Gasteiger partial charge in [0, 0.05) is 43.0 Å². The van der Waals surface area contributed by atoms with Crippen molar-refractivity contribution in [3.63, 3.8) is 0 Å². The smallest absolute Gasteiger partial charge is 0.321 e. The lowest BCUT2D eigenvalue weighted by Gasteiger charge is -2.36. The Hall–Kier alpha value is -2.31. The largest absolute Gasteiger partial charge is 0.454 e. The summed E-state index contributed by atoms with van der Waals surface area (Å²) >= 11 is 12.3. The number of piperazine rings is 1. The van der Waals surface area contributed by atoms with Crippen molar-refractivity contribution in [2.75, 3.05) is 43.2 Å². The second-order valence-corrected chi connectivity index (χ2v) is 6.91. The topological polar surface area (TPSA) is 54.0 Å². The second-order valence-electron chi connectivity index (χ2n) is 6.07. The molecule has 2 aliphatic heterocycles. The standard InChI is InChI=1S/C18H17Cl2N3O3/c19-12-1-3-14(20)15(9-12)22-5-7-23(8-6-22)18(24)21-13-2-4-16-17(10-13)26-11-25-16/h1-4,9-10H,5-8,11H2,(H,21,24). The molecule has 1 fully saturated rings. The lowest BCUT2D eigenvalue weighted by molar-refractivity contribution is 0.174. The van der Waals surface area contributed by atoms with E-state index in [4.69, 9.17) is 32.7 Å². The first-order chi connectivity index (χ1) is 12.6. The summed E-state index contributed by atoms with van der Waals surface area (Å²) in [5.41, 5.74) is 1.58. The van der Waals surface area contributed by atoms with E-state index < -0.39 is 0 Å². The van der Waals surface area contributed by atoms with Crippen molar-refractivity contribution in [1.29, 1.82) is 0 Å². The Bertz CT molecular complexity index is 838. The molecule has 2 aromatic carbocycles. The number of fused-ring (bicyclic) bond motifs is 1. The van der Waals surface area contributed by atoms with Gasteiger partial charge in [-0.05, 0) is 30.3 Å². The van der Waals surface area contributed by atoms with Crippen molar-refractivity contribution in [2.24, 2.45) is 0 Å². The maximum atomic E-state index is 12.5. The Morgan fingerprint density at radius 2 is 1.73 bits per heavy atom. The Balaban J connectivity index is 1.37. The van der Waals surface area contributed by atoms with E-state index in [1.54, 1.807) is 35.2 Å². The number of anilines is 2. The van der Waals surface area contributed by atoms with Crippen LogP contribution in [0.3, 0.4) is 0 Å². The van der Waals surface area contributed by atoms with Crippen molar-refractivity contribution in [3.05, 3.63) is 46.4 Å². The quantitative estimate of drug-likeness (QED) is 0.834. The van der Waals surface area contributed by atoms with Gasteiger partial charge in [-0.25, -0.2) is 4.79 Å². The number of nitrogens with one attached hydrogen (secondary N) is 1. The highest BCUT2D eigenvalue weighted by atomic mass is 35.5. The summed E-state index contributed by atoms with van der Waals surface area (Å²) < 4.78 is 10.6. The van der Waals surface area contributed by atoms with Crippen LogP contribution in [0.5, 0.6) is 11.5 Å². The normalized spacial score (nSPS) is 15.9. The molecule has 2 heterocycles. The van der Waals surface area contributed by atoms with E-state index in [0.717, 1.165) is 5.69 Å². The van der Waals surface area contributed by atoms with E-state index in [2.05, 4.69) is 10.2 Å². The number of hydrogen-bond donors (Lipinski definition) is 1. The third-order valence-electron chi connectivity index (χ3n) is 4.44. The van der Waals surface area contributed by atoms with E-state index in [-0.39, 0.29) is 12.8 Å². The van der Waals surface area contributed by atoms with Crippen LogP contribution in [0.1, 0.15) is 0 Å². The van der Waals surface area contributed by atoms with E-state index in [9.17, 15) is 4.79 Å². The average molecular weight is 394 g/mol. The van der Waals surface area contributed by atoms with Gasteiger partial charge in [-0.1, -0.05) is 23.2 Å². The molecule has 1 saturated heterocycles. The first-order valence-electron chi connectivity index (χ1n) is 8.26. The zero-order chi connectivity index (χ0) is 18.1. The Morgan fingerprint density at radius 1 is 0.962 bits per heavy atom. The van der Waals surface area contributed by atoms with Gasteiger partial charge in [0.1, 0.15) is 0 Å². The molecular formula is C18H17Cl2N3O3. The van der Waals surface area contributed by atoms with Gasteiger partial charge >= 0.3 is 6.03 Å². The number of halogens is 2. The molecule has 2 aliphatic rings. The SMILES string of the molecule is O=C(Nc1ccc2c(c1)OCO2)N1CCN(c2cc(Cl)ccc2Cl)CC1. The first-order valence-corrected chi connectivity index (χ1v) is 9.01. The van der Waals surface area contributed by atoms with Crippen LogP contribution in [0.4, 0.5) is 16.2 Å². The van der Waals surface area contributed by atoms with Crippen LogP contribution in [0.2, 0.25) is 10.0 Å². The third-order valence-corrected chi connectivity index (χ3v) is 4.99. The van der Waals surface area contributed by atoms with Crippen molar-refractivity contribution >= 4 is 40.6 Å². The summed E-state index contributed by atoms with van der Waals surface area (Å²) in [6.45, 7) is 2.78. The number of rotatable bonds is 2. The molecule has 0 saturated carbocycles. The molecule has 8 heteroatoms. The Kier molecular flexibility index (Phi) is 4.70. The molecule has 1 N–H and O–H groups in total. The van der Waals surface area contributed by atoms with E-state index in [1.165, 1.54) is 0 Å². The van der Waals surface area contributed by atoms with Gasteiger partial charge in [-0.3, -0.25) is 0 Å². The van der Waals surface area contributed by atoms with Crippen LogP contribution in [-0.4, -0.2) is 43.9 Å². The Labute approximate surface area is 161 Å². The summed E-state index contributed by atoms with van der Waals surface area (Å²) in [4.78, 5) is 16.4. The minimum Gasteiger partial charge on any atom is -0.454 e. The molecular weight excluding hydrogens is 377 g/mol. The van der Waals surface area contributed by atoms with Crippen LogP contribution in [0.25, 0.3) is 0 Å². The molecule has 0 spiro atoms. The molecule has 0 aliphatic carbocycles. The molecule has 0 unspecified atom stereocenters. The summed E-state index contributed by atoms with van der Waals surface area (Å²) in [6, 6.07) is 10.6. The van der Waals surface area contributed by atoms with Gasteiger partial charge in [0.25, 0.3) is 0 Å². The number of urea groups is 1. The fraction of sp³-hybridized carbons (Fsp3) is 0.278. The molecule has 0 atom stereocenters. The number of ether oxygens (including phenoxy) is 2. The summed E-state index contributed by atoms with van der Waals surface area (Å²) in [7, 11) is 0. The van der Waals surface area contributed by atoms with E-state index in [1.807, 2.05) is 6.07 Å². The maximum Gasteiger partial charge on any atom is 0.321 e. The summed E-state index contributed by atoms with van der Waals surface area (Å²) in [6.07, 6.45) is 0. The number of hydrogen-bond acceptors (Lipinski definition) is 4. The van der Waals surface area contributed by atoms with Crippen molar-refractivity contribution in [3.8, 4) is 11.5 Å². The van der Waals surface area contributed by atoms with Gasteiger partial charge in [0.05, 0.1) is 10.7 Å². The zero-order valence-corrected chi connectivity index (χ0v) is 15.4. The number of nitrogens with zero attached hydrogens (tertiary/aromatic N) is 2. The van der Waals surface area contributed by atoms with E-state index in [0.29, 0.717) is 53.4 Å². The molecule has 6 nitrogen and oxygen atoms in total. The predicted octanol–water partition coefficient (Wildman–Crippen LogP) is 4.08. The number of carbonyl (C=O) groups is 1. The fourth-order valence-electron chi connectivity index (χ4n) is 3.06. The second kappa shape index (κ2) is 7.13.